The van der Waals surface area contributed by atoms with Crippen LogP contribution in [0.5, 0.6) is 0 Å². The number of aromatic nitrogens is 5. The first-order valence-electron chi connectivity index (χ1n) is 12.6. The SMILES string of the molecule is CNC(=O)[C@@H]1CCN(c2cc(N3C4CCC3COC4)nc3c2c(C(F)(F)F)nn3-c2ccn[nH]2)[C@H](C)C1. The average Bonchev–Trinajstić information content (AvgIpc) is 3.59. The molecule has 2 unspecified atom stereocenters. The number of hydrogen-bond donors (Lipinski definition) is 2. The molecule has 198 valence electrons. The Morgan fingerprint density at radius 3 is 2.59 bits per heavy atom. The molecule has 2 N–H and O–H groups in total. The molecule has 3 aromatic heterocycles. The van der Waals surface area contributed by atoms with E-state index in [1.54, 1.807) is 19.2 Å². The number of anilines is 2. The molecule has 0 saturated carbocycles. The fraction of sp³-hybridized carbons (Fsp3) is 0.583. The number of nitrogens with one attached hydrogen (secondary N) is 2. The Kier molecular flexibility index (Phi) is 5.77. The van der Waals surface area contributed by atoms with Crippen LogP contribution in [0.15, 0.2) is 18.3 Å². The lowest BCUT2D eigenvalue weighted by Crippen LogP contribution is -2.47. The second kappa shape index (κ2) is 8.89. The molecule has 13 heteroatoms. The summed E-state index contributed by atoms with van der Waals surface area (Å²) in [7, 11) is 1.61. The summed E-state index contributed by atoms with van der Waals surface area (Å²) in [6.45, 7) is 3.52. The number of rotatable bonds is 4. The lowest BCUT2D eigenvalue weighted by Gasteiger charge is -2.40. The number of alkyl halides is 3. The number of ether oxygens (including phenoxy) is 1. The first-order valence-corrected chi connectivity index (χ1v) is 12.6. The van der Waals surface area contributed by atoms with Crippen molar-refractivity contribution in [3.05, 3.63) is 24.0 Å². The van der Waals surface area contributed by atoms with Gasteiger partial charge in [-0.3, -0.25) is 9.89 Å². The molecule has 6 rings (SSSR count). The molecule has 10 nitrogen and oxygen atoms in total. The van der Waals surface area contributed by atoms with Gasteiger partial charge < -0.3 is 19.9 Å². The maximum absolute atomic E-state index is 14.4. The van der Waals surface area contributed by atoms with Gasteiger partial charge in [-0.05, 0) is 32.6 Å². The van der Waals surface area contributed by atoms with Crippen LogP contribution in [0.4, 0.5) is 24.7 Å². The van der Waals surface area contributed by atoms with Crippen molar-refractivity contribution in [2.75, 3.05) is 36.6 Å². The minimum Gasteiger partial charge on any atom is -0.377 e. The van der Waals surface area contributed by atoms with Crippen LogP contribution in [0.2, 0.25) is 0 Å². The molecule has 0 radical (unpaired) electrons. The maximum Gasteiger partial charge on any atom is 0.435 e. The number of halogens is 3. The van der Waals surface area contributed by atoms with Crippen LogP contribution in [0, 0.1) is 5.92 Å². The second-order valence-electron chi connectivity index (χ2n) is 10.1. The summed E-state index contributed by atoms with van der Waals surface area (Å²) in [4.78, 5) is 21.3. The third kappa shape index (κ3) is 3.99. The number of carbonyl (C=O) groups is 1. The summed E-state index contributed by atoms with van der Waals surface area (Å²) >= 11 is 0. The van der Waals surface area contributed by atoms with Crippen molar-refractivity contribution in [2.24, 2.45) is 5.92 Å². The molecule has 0 aliphatic carbocycles. The third-order valence-electron chi connectivity index (χ3n) is 7.89. The number of morpholine rings is 1. The normalized spacial score (nSPS) is 26.2. The van der Waals surface area contributed by atoms with E-state index in [4.69, 9.17) is 9.72 Å². The number of amides is 1. The predicted octanol–water partition coefficient (Wildman–Crippen LogP) is 2.88. The number of pyridine rings is 1. The van der Waals surface area contributed by atoms with E-state index in [1.165, 1.54) is 10.9 Å². The summed E-state index contributed by atoms with van der Waals surface area (Å²) in [5.74, 6) is 0.693. The van der Waals surface area contributed by atoms with Crippen LogP contribution in [0.1, 0.15) is 38.3 Å². The maximum atomic E-state index is 14.4. The molecule has 1 amide bonds. The molecule has 4 atom stereocenters. The predicted molar refractivity (Wildman–Crippen MR) is 130 cm³/mol. The van der Waals surface area contributed by atoms with Gasteiger partial charge in [-0.2, -0.15) is 28.1 Å². The van der Waals surface area contributed by atoms with Crippen molar-refractivity contribution in [1.82, 2.24) is 30.3 Å². The van der Waals surface area contributed by atoms with Crippen LogP contribution < -0.4 is 15.1 Å². The number of aromatic amines is 1. The lowest BCUT2D eigenvalue weighted by molar-refractivity contribution is -0.140. The average molecular weight is 519 g/mol. The van der Waals surface area contributed by atoms with Crippen molar-refractivity contribution in [1.29, 1.82) is 0 Å². The molecular weight excluding hydrogens is 489 g/mol. The topological polar surface area (TPSA) is 104 Å². The highest BCUT2D eigenvalue weighted by Gasteiger charge is 2.43. The molecule has 6 heterocycles. The molecule has 0 spiro atoms. The number of fused-ring (bicyclic) bond motifs is 3. The number of carbonyl (C=O) groups excluding carboxylic acids is 1. The summed E-state index contributed by atoms with van der Waals surface area (Å²) in [6.07, 6.45) is -0.250. The zero-order valence-corrected chi connectivity index (χ0v) is 20.6. The van der Waals surface area contributed by atoms with Gasteiger partial charge >= 0.3 is 6.18 Å². The number of piperidine rings is 1. The monoisotopic (exact) mass is 518 g/mol. The van der Waals surface area contributed by atoms with E-state index in [1.807, 2.05) is 11.8 Å². The minimum atomic E-state index is -4.69. The fourth-order valence-corrected chi connectivity index (χ4v) is 6.15. The highest BCUT2D eigenvalue weighted by Crippen LogP contribution is 2.44. The third-order valence-corrected chi connectivity index (χ3v) is 7.89. The smallest absolute Gasteiger partial charge is 0.377 e. The van der Waals surface area contributed by atoms with E-state index in [9.17, 15) is 18.0 Å². The van der Waals surface area contributed by atoms with Crippen molar-refractivity contribution in [3.8, 4) is 5.82 Å². The molecule has 3 aromatic rings. The molecule has 0 aromatic carbocycles. The fourth-order valence-electron chi connectivity index (χ4n) is 6.15. The second-order valence-corrected chi connectivity index (χ2v) is 10.1. The van der Waals surface area contributed by atoms with Gasteiger partial charge in [0.05, 0.1) is 42.6 Å². The highest BCUT2D eigenvalue weighted by molar-refractivity contribution is 5.95. The first kappa shape index (κ1) is 24.0. The summed E-state index contributed by atoms with van der Waals surface area (Å²) < 4.78 is 50.1. The summed E-state index contributed by atoms with van der Waals surface area (Å²) in [6, 6.07) is 3.44. The standard InChI is InChI=1S/C24H29F3N8O2/c1-13-9-14(23(36)28-2)6-8-33(13)17-10-19(34-15-3-4-16(34)12-37-11-15)30-22-20(17)21(24(25,26)27)32-35(22)18-5-7-29-31-18/h5,7,10,13-16H,3-4,6,8-9,11-12H2,1-2H3,(H,28,36)(H,29,31)/t13-,14-,15?,16?/m1/s1. The Balaban J connectivity index is 1.55. The van der Waals surface area contributed by atoms with Gasteiger partial charge in [0.25, 0.3) is 0 Å². The molecule has 3 aliphatic rings. The van der Waals surface area contributed by atoms with Crippen molar-refractivity contribution < 1.29 is 22.7 Å². The van der Waals surface area contributed by atoms with Crippen LogP contribution >= 0.6 is 0 Å². The van der Waals surface area contributed by atoms with E-state index < -0.39 is 11.9 Å². The van der Waals surface area contributed by atoms with Crippen molar-refractivity contribution in [3.63, 3.8) is 0 Å². The van der Waals surface area contributed by atoms with E-state index in [-0.39, 0.29) is 41.0 Å². The molecule has 3 saturated heterocycles. The Morgan fingerprint density at radius 1 is 1.22 bits per heavy atom. The van der Waals surface area contributed by atoms with Gasteiger partial charge in [0.15, 0.2) is 17.2 Å². The van der Waals surface area contributed by atoms with Gasteiger partial charge in [0.1, 0.15) is 5.82 Å². The van der Waals surface area contributed by atoms with Crippen LogP contribution in [0.3, 0.4) is 0 Å². The number of H-pyrrole nitrogens is 1. The van der Waals surface area contributed by atoms with E-state index in [2.05, 4.69) is 25.5 Å². The van der Waals surface area contributed by atoms with Gasteiger partial charge in [-0.1, -0.05) is 0 Å². The molecule has 3 fully saturated rings. The molecular formula is C24H29F3N8O2. The van der Waals surface area contributed by atoms with Crippen LogP contribution in [-0.2, 0) is 15.7 Å². The van der Waals surface area contributed by atoms with E-state index >= 15 is 0 Å². The van der Waals surface area contributed by atoms with Crippen LogP contribution in [-0.4, -0.2) is 75.8 Å². The van der Waals surface area contributed by atoms with Crippen molar-refractivity contribution >= 4 is 28.4 Å². The molecule has 37 heavy (non-hydrogen) atoms. The molecule has 2 bridgehead atoms. The van der Waals surface area contributed by atoms with Gasteiger partial charge in [-0.15, -0.1) is 0 Å². The van der Waals surface area contributed by atoms with E-state index in [0.29, 0.717) is 49.9 Å². The lowest BCUT2D eigenvalue weighted by atomic mass is 9.90. The number of hydrogen-bond acceptors (Lipinski definition) is 7. The number of nitrogens with zero attached hydrogens (tertiary/aromatic N) is 6. The zero-order chi connectivity index (χ0) is 25.9. The summed E-state index contributed by atoms with van der Waals surface area (Å²) in [5, 5.41) is 13.3. The van der Waals surface area contributed by atoms with Crippen molar-refractivity contribution in [2.45, 2.75) is 56.9 Å². The largest absolute Gasteiger partial charge is 0.435 e. The quantitative estimate of drug-likeness (QED) is 0.547. The van der Waals surface area contributed by atoms with Gasteiger partial charge in [0.2, 0.25) is 5.91 Å². The Bertz CT molecular complexity index is 1290. The van der Waals surface area contributed by atoms with Gasteiger partial charge in [-0.25, -0.2) is 4.98 Å². The minimum absolute atomic E-state index is 0.0417. The van der Waals surface area contributed by atoms with Crippen LogP contribution in [0.25, 0.3) is 16.9 Å². The Morgan fingerprint density at radius 2 is 1.97 bits per heavy atom. The van der Waals surface area contributed by atoms with Gasteiger partial charge in [0, 0.05) is 37.7 Å². The summed E-state index contributed by atoms with van der Waals surface area (Å²) in [5.41, 5.74) is -0.431. The highest BCUT2D eigenvalue weighted by atomic mass is 19.4. The zero-order valence-electron chi connectivity index (χ0n) is 20.6. The molecule has 3 aliphatic heterocycles. The Hall–Kier alpha value is -3.35. The Labute approximate surface area is 211 Å². The van der Waals surface area contributed by atoms with E-state index in [0.717, 1.165) is 12.8 Å². The first-order chi connectivity index (χ1) is 17.8.